The SMILES string of the molecule is CC(N)C(C)c1nc(-c2ncc(Cl)cc2Cl)no1. The van der Waals surface area contributed by atoms with Gasteiger partial charge in [-0.1, -0.05) is 35.3 Å². The summed E-state index contributed by atoms with van der Waals surface area (Å²) in [5.74, 6) is 0.768. The lowest BCUT2D eigenvalue weighted by Gasteiger charge is -2.09. The number of halogens is 2. The minimum absolute atomic E-state index is 0.0303. The predicted molar refractivity (Wildman–Crippen MR) is 69.6 cm³/mol. The Morgan fingerprint density at radius 1 is 1.33 bits per heavy atom. The van der Waals surface area contributed by atoms with Crippen LogP contribution in [0.4, 0.5) is 0 Å². The van der Waals surface area contributed by atoms with Gasteiger partial charge in [0.25, 0.3) is 0 Å². The van der Waals surface area contributed by atoms with Crippen LogP contribution in [-0.4, -0.2) is 21.2 Å². The summed E-state index contributed by atoms with van der Waals surface area (Å²) in [5, 5.41) is 4.68. The van der Waals surface area contributed by atoms with E-state index in [2.05, 4.69) is 15.1 Å². The molecule has 0 bridgehead atoms. The molecule has 2 atom stereocenters. The summed E-state index contributed by atoms with van der Waals surface area (Å²) in [5.41, 5.74) is 6.22. The molecule has 2 N–H and O–H groups in total. The highest BCUT2D eigenvalue weighted by Gasteiger charge is 2.20. The van der Waals surface area contributed by atoms with Crippen molar-refractivity contribution >= 4 is 23.2 Å². The minimum Gasteiger partial charge on any atom is -0.339 e. The van der Waals surface area contributed by atoms with E-state index in [1.54, 1.807) is 6.07 Å². The molecule has 5 nitrogen and oxygen atoms in total. The van der Waals surface area contributed by atoms with Gasteiger partial charge in [0.1, 0.15) is 5.69 Å². The van der Waals surface area contributed by atoms with Crippen molar-refractivity contribution in [2.75, 3.05) is 0 Å². The summed E-state index contributed by atoms with van der Waals surface area (Å²) < 4.78 is 5.15. The Labute approximate surface area is 114 Å². The Kier molecular flexibility index (Phi) is 3.85. The summed E-state index contributed by atoms with van der Waals surface area (Å²) in [6, 6.07) is 1.50. The van der Waals surface area contributed by atoms with Gasteiger partial charge in [0.15, 0.2) is 0 Å². The van der Waals surface area contributed by atoms with Gasteiger partial charge < -0.3 is 10.3 Å². The number of nitrogens with zero attached hydrogens (tertiary/aromatic N) is 3. The van der Waals surface area contributed by atoms with E-state index in [4.69, 9.17) is 33.5 Å². The molecule has 2 heterocycles. The Morgan fingerprint density at radius 2 is 2.06 bits per heavy atom. The Hall–Kier alpha value is -1.17. The maximum atomic E-state index is 6.02. The molecular formula is C11H12Cl2N4O. The van der Waals surface area contributed by atoms with E-state index in [1.807, 2.05) is 13.8 Å². The average Bonchev–Trinajstić information content (AvgIpc) is 2.77. The quantitative estimate of drug-likeness (QED) is 0.939. The van der Waals surface area contributed by atoms with Crippen LogP contribution in [0.5, 0.6) is 0 Å². The molecule has 18 heavy (non-hydrogen) atoms. The molecule has 0 saturated carbocycles. The smallest absolute Gasteiger partial charge is 0.231 e. The number of pyridine rings is 1. The van der Waals surface area contributed by atoms with Crippen LogP contribution in [0.3, 0.4) is 0 Å². The summed E-state index contributed by atoms with van der Waals surface area (Å²) in [6.07, 6.45) is 1.48. The summed E-state index contributed by atoms with van der Waals surface area (Å²) in [4.78, 5) is 8.33. The van der Waals surface area contributed by atoms with E-state index >= 15 is 0 Å². The lowest BCUT2D eigenvalue weighted by molar-refractivity contribution is 0.346. The third-order valence-electron chi connectivity index (χ3n) is 2.64. The van der Waals surface area contributed by atoms with Crippen molar-refractivity contribution in [1.82, 2.24) is 15.1 Å². The fourth-order valence-electron chi connectivity index (χ4n) is 1.32. The molecule has 0 fully saturated rings. The van der Waals surface area contributed by atoms with Gasteiger partial charge in [-0.05, 0) is 13.0 Å². The first-order valence-corrected chi connectivity index (χ1v) is 6.15. The highest BCUT2D eigenvalue weighted by atomic mass is 35.5. The lowest BCUT2D eigenvalue weighted by Crippen LogP contribution is -2.22. The molecule has 2 unspecified atom stereocenters. The van der Waals surface area contributed by atoms with E-state index in [0.29, 0.717) is 27.5 Å². The molecule has 0 aliphatic heterocycles. The van der Waals surface area contributed by atoms with E-state index in [1.165, 1.54) is 6.20 Å². The van der Waals surface area contributed by atoms with Crippen molar-refractivity contribution in [1.29, 1.82) is 0 Å². The molecule has 0 radical (unpaired) electrons. The topological polar surface area (TPSA) is 77.8 Å². The zero-order valence-electron chi connectivity index (χ0n) is 9.89. The second-order valence-corrected chi connectivity index (χ2v) is 4.93. The first-order valence-electron chi connectivity index (χ1n) is 5.39. The molecule has 0 aliphatic carbocycles. The molecule has 0 saturated heterocycles. The minimum atomic E-state index is -0.0769. The summed E-state index contributed by atoms with van der Waals surface area (Å²) >= 11 is 11.8. The number of aromatic nitrogens is 3. The van der Waals surface area contributed by atoms with Gasteiger partial charge in [-0.2, -0.15) is 4.98 Å². The second-order valence-electron chi connectivity index (χ2n) is 4.09. The van der Waals surface area contributed by atoms with E-state index in [-0.39, 0.29) is 12.0 Å². The molecule has 96 valence electrons. The monoisotopic (exact) mass is 286 g/mol. The molecule has 0 aromatic carbocycles. The summed E-state index contributed by atoms with van der Waals surface area (Å²) in [6.45, 7) is 3.79. The molecule has 7 heteroatoms. The molecule has 2 aromatic heterocycles. The van der Waals surface area contributed by atoms with Crippen molar-refractivity contribution in [3.8, 4) is 11.5 Å². The van der Waals surface area contributed by atoms with Crippen LogP contribution in [0.1, 0.15) is 25.7 Å². The highest BCUT2D eigenvalue weighted by molar-refractivity contribution is 6.35. The second kappa shape index (κ2) is 5.22. The van der Waals surface area contributed by atoms with Crippen LogP contribution in [0, 0.1) is 0 Å². The van der Waals surface area contributed by atoms with Crippen molar-refractivity contribution < 1.29 is 4.52 Å². The molecule has 2 rings (SSSR count). The predicted octanol–water partition coefficient (Wildman–Crippen LogP) is 2.89. The molecule has 0 spiro atoms. The van der Waals surface area contributed by atoms with Crippen LogP contribution in [0.15, 0.2) is 16.8 Å². The first-order chi connectivity index (χ1) is 8.49. The average molecular weight is 287 g/mol. The largest absolute Gasteiger partial charge is 0.339 e. The van der Waals surface area contributed by atoms with Crippen molar-refractivity contribution in [2.24, 2.45) is 5.73 Å². The zero-order chi connectivity index (χ0) is 13.3. The number of nitrogens with two attached hydrogens (primary N) is 1. The maximum Gasteiger partial charge on any atom is 0.231 e. The number of hydrogen-bond acceptors (Lipinski definition) is 5. The molecule has 0 amide bonds. The number of rotatable bonds is 3. The standard InChI is InChI=1S/C11H12Cl2N4O/c1-5(6(2)14)11-16-10(17-18-11)9-8(13)3-7(12)4-15-9/h3-6H,14H2,1-2H3. The van der Waals surface area contributed by atoms with Gasteiger partial charge in [0.2, 0.25) is 11.7 Å². The van der Waals surface area contributed by atoms with Crippen molar-refractivity contribution in [3.63, 3.8) is 0 Å². The van der Waals surface area contributed by atoms with Crippen LogP contribution >= 0.6 is 23.2 Å². The Balaban J connectivity index is 2.35. The fourth-order valence-corrected chi connectivity index (χ4v) is 1.78. The highest BCUT2D eigenvalue weighted by Crippen LogP contribution is 2.27. The number of hydrogen-bond donors (Lipinski definition) is 1. The van der Waals surface area contributed by atoms with Crippen LogP contribution in [-0.2, 0) is 0 Å². The van der Waals surface area contributed by atoms with Crippen LogP contribution < -0.4 is 5.73 Å². The molecular weight excluding hydrogens is 275 g/mol. The van der Waals surface area contributed by atoms with Crippen molar-refractivity contribution in [2.45, 2.75) is 25.8 Å². The van der Waals surface area contributed by atoms with Gasteiger partial charge in [0, 0.05) is 12.2 Å². The van der Waals surface area contributed by atoms with E-state index < -0.39 is 0 Å². The first kappa shape index (κ1) is 13.3. The Morgan fingerprint density at radius 3 is 2.67 bits per heavy atom. The van der Waals surface area contributed by atoms with E-state index in [0.717, 1.165) is 0 Å². The van der Waals surface area contributed by atoms with Gasteiger partial charge in [-0.3, -0.25) is 0 Å². The van der Waals surface area contributed by atoms with Gasteiger partial charge in [-0.25, -0.2) is 4.98 Å². The Bertz CT molecular complexity index is 556. The maximum absolute atomic E-state index is 6.02. The normalized spacial score (nSPS) is 14.5. The third-order valence-corrected chi connectivity index (χ3v) is 3.13. The van der Waals surface area contributed by atoms with Crippen LogP contribution in [0.25, 0.3) is 11.5 Å². The van der Waals surface area contributed by atoms with Gasteiger partial charge in [0.05, 0.1) is 16.0 Å². The van der Waals surface area contributed by atoms with Gasteiger partial charge in [-0.15, -0.1) is 0 Å². The van der Waals surface area contributed by atoms with Crippen molar-refractivity contribution in [3.05, 3.63) is 28.2 Å². The molecule has 2 aromatic rings. The zero-order valence-corrected chi connectivity index (χ0v) is 11.4. The third kappa shape index (κ3) is 2.63. The van der Waals surface area contributed by atoms with Crippen LogP contribution in [0.2, 0.25) is 10.0 Å². The van der Waals surface area contributed by atoms with Gasteiger partial charge >= 0.3 is 0 Å². The summed E-state index contributed by atoms with van der Waals surface area (Å²) in [7, 11) is 0. The fraction of sp³-hybridized carbons (Fsp3) is 0.364. The lowest BCUT2D eigenvalue weighted by atomic mass is 10.1. The molecule has 0 aliphatic rings. The van der Waals surface area contributed by atoms with E-state index in [9.17, 15) is 0 Å².